The molecule has 0 spiro atoms. The summed E-state index contributed by atoms with van der Waals surface area (Å²) in [4.78, 5) is 14.5. The number of aromatic nitrogens is 2. The van der Waals surface area contributed by atoms with E-state index in [9.17, 15) is 13.2 Å². The van der Waals surface area contributed by atoms with E-state index >= 15 is 0 Å². The van der Waals surface area contributed by atoms with Gasteiger partial charge in [0.2, 0.25) is 10.0 Å². The van der Waals surface area contributed by atoms with E-state index in [0.717, 1.165) is 11.3 Å². The van der Waals surface area contributed by atoms with Crippen molar-refractivity contribution in [1.29, 1.82) is 0 Å². The van der Waals surface area contributed by atoms with Crippen molar-refractivity contribution in [2.24, 2.45) is 0 Å². The number of hydrogen-bond acceptors (Lipinski definition) is 5. The molecule has 0 radical (unpaired) electrons. The van der Waals surface area contributed by atoms with Crippen molar-refractivity contribution in [3.05, 3.63) is 35.0 Å². The average molecular weight is 315 g/mol. The summed E-state index contributed by atoms with van der Waals surface area (Å²) in [7, 11) is -3.85. The first kappa shape index (κ1) is 14.7. The predicted octanol–water partition coefficient (Wildman–Crippen LogP) is 1.01. The van der Waals surface area contributed by atoms with Crippen molar-refractivity contribution in [2.45, 2.75) is 24.4 Å². The zero-order valence-electron chi connectivity index (χ0n) is 10.6. The maximum atomic E-state index is 12.2. The van der Waals surface area contributed by atoms with E-state index in [4.69, 9.17) is 5.11 Å². The predicted molar refractivity (Wildman–Crippen MR) is 73.3 cm³/mol. The maximum Gasteiger partial charge on any atom is 0.347 e. The number of carboxylic acid groups (broad SMARTS) is 1. The molecule has 2 rings (SSSR count). The van der Waals surface area contributed by atoms with Crippen LogP contribution in [0.5, 0.6) is 0 Å². The molecule has 0 fully saturated rings. The number of imidazole rings is 1. The van der Waals surface area contributed by atoms with Crippen LogP contribution < -0.4 is 4.72 Å². The largest absolute Gasteiger partial charge is 0.477 e. The SMILES string of the molecule is CC(Cn1ccnc1)NS(=O)(=O)c1ccsc1C(=O)O. The normalized spacial score (nSPS) is 13.2. The van der Waals surface area contributed by atoms with Gasteiger partial charge in [-0.15, -0.1) is 11.3 Å². The summed E-state index contributed by atoms with van der Waals surface area (Å²) in [5, 5.41) is 10.4. The minimum absolute atomic E-state index is 0.188. The van der Waals surface area contributed by atoms with Crippen LogP contribution in [0.3, 0.4) is 0 Å². The third-order valence-electron chi connectivity index (χ3n) is 2.51. The first-order valence-electron chi connectivity index (χ1n) is 5.69. The molecule has 2 aromatic heterocycles. The molecule has 0 aliphatic rings. The summed E-state index contributed by atoms with van der Waals surface area (Å²) in [6.45, 7) is 2.11. The molecule has 0 saturated heterocycles. The fourth-order valence-electron chi connectivity index (χ4n) is 1.74. The van der Waals surface area contributed by atoms with E-state index in [1.54, 1.807) is 30.2 Å². The zero-order valence-corrected chi connectivity index (χ0v) is 12.2. The van der Waals surface area contributed by atoms with E-state index in [0.29, 0.717) is 6.54 Å². The van der Waals surface area contributed by atoms with Crippen molar-refractivity contribution in [3.8, 4) is 0 Å². The molecule has 0 amide bonds. The number of rotatable bonds is 6. The Hall–Kier alpha value is -1.71. The van der Waals surface area contributed by atoms with Crippen molar-refractivity contribution in [2.75, 3.05) is 0 Å². The van der Waals surface area contributed by atoms with Gasteiger partial charge in [0.05, 0.1) is 6.33 Å². The summed E-state index contributed by atoms with van der Waals surface area (Å²) in [6, 6.07) is 0.899. The van der Waals surface area contributed by atoms with Gasteiger partial charge in [0.1, 0.15) is 9.77 Å². The van der Waals surface area contributed by atoms with Crippen LogP contribution in [0.25, 0.3) is 0 Å². The van der Waals surface area contributed by atoms with Gasteiger partial charge < -0.3 is 9.67 Å². The summed E-state index contributed by atoms with van der Waals surface area (Å²) >= 11 is 0.883. The van der Waals surface area contributed by atoms with Crippen molar-refractivity contribution in [3.63, 3.8) is 0 Å². The van der Waals surface area contributed by atoms with Crippen LogP contribution in [0.1, 0.15) is 16.6 Å². The molecule has 108 valence electrons. The molecule has 1 unspecified atom stereocenters. The minimum Gasteiger partial charge on any atom is -0.477 e. The third kappa shape index (κ3) is 3.24. The number of carboxylic acids is 1. The van der Waals surface area contributed by atoms with Crippen molar-refractivity contribution < 1.29 is 18.3 Å². The molecule has 0 aliphatic carbocycles. The molecule has 9 heteroatoms. The van der Waals surface area contributed by atoms with Crippen LogP contribution in [0.4, 0.5) is 0 Å². The first-order chi connectivity index (χ1) is 9.40. The molecule has 0 saturated carbocycles. The van der Waals surface area contributed by atoms with Gasteiger partial charge in [0, 0.05) is 25.0 Å². The van der Waals surface area contributed by atoms with Crippen LogP contribution >= 0.6 is 11.3 Å². The van der Waals surface area contributed by atoms with Crippen LogP contribution in [0.15, 0.2) is 35.1 Å². The lowest BCUT2D eigenvalue weighted by molar-refractivity contribution is 0.0698. The third-order valence-corrected chi connectivity index (χ3v) is 5.18. The molecular weight excluding hydrogens is 302 g/mol. The summed E-state index contributed by atoms with van der Waals surface area (Å²) in [5.41, 5.74) is 0. The Morgan fingerprint density at radius 2 is 2.35 bits per heavy atom. The lowest BCUT2D eigenvalue weighted by Gasteiger charge is -2.14. The fraction of sp³-hybridized carbons (Fsp3) is 0.273. The van der Waals surface area contributed by atoms with E-state index in [-0.39, 0.29) is 9.77 Å². The average Bonchev–Trinajstić information content (AvgIpc) is 2.97. The molecule has 7 nitrogen and oxygen atoms in total. The molecule has 0 aliphatic heterocycles. The number of hydrogen-bond donors (Lipinski definition) is 2. The van der Waals surface area contributed by atoms with Gasteiger partial charge in [-0.05, 0) is 18.4 Å². The fourth-order valence-corrected chi connectivity index (χ4v) is 4.24. The Morgan fingerprint density at radius 3 is 2.95 bits per heavy atom. The quantitative estimate of drug-likeness (QED) is 0.828. The summed E-state index contributed by atoms with van der Waals surface area (Å²) < 4.78 is 28.5. The molecular formula is C11H13N3O4S2. The Labute approximate surface area is 119 Å². The van der Waals surface area contributed by atoms with Crippen LogP contribution in [0.2, 0.25) is 0 Å². The summed E-state index contributed by atoms with van der Waals surface area (Å²) in [6.07, 6.45) is 4.90. The van der Waals surface area contributed by atoms with Gasteiger partial charge in [-0.3, -0.25) is 0 Å². The molecule has 1 atom stereocenters. The smallest absolute Gasteiger partial charge is 0.347 e. The van der Waals surface area contributed by atoms with Gasteiger partial charge in [-0.25, -0.2) is 22.9 Å². The Morgan fingerprint density at radius 1 is 1.60 bits per heavy atom. The molecule has 0 aromatic carbocycles. The number of thiophene rings is 1. The molecule has 2 aromatic rings. The van der Waals surface area contributed by atoms with E-state index in [2.05, 4.69) is 9.71 Å². The molecule has 20 heavy (non-hydrogen) atoms. The van der Waals surface area contributed by atoms with Gasteiger partial charge in [0.25, 0.3) is 0 Å². The summed E-state index contributed by atoms with van der Waals surface area (Å²) in [5.74, 6) is -1.25. The van der Waals surface area contributed by atoms with Crippen molar-refractivity contribution in [1.82, 2.24) is 14.3 Å². The second-order valence-corrected chi connectivity index (χ2v) is 6.80. The van der Waals surface area contributed by atoms with Crippen LogP contribution in [-0.2, 0) is 16.6 Å². The van der Waals surface area contributed by atoms with Gasteiger partial charge in [-0.2, -0.15) is 0 Å². The molecule has 0 bridgehead atoms. The topological polar surface area (TPSA) is 101 Å². The zero-order chi connectivity index (χ0) is 14.8. The Bertz CT molecular complexity index is 691. The van der Waals surface area contributed by atoms with E-state index in [1.165, 1.54) is 11.4 Å². The number of sulfonamides is 1. The van der Waals surface area contributed by atoms with E-state index < -0.39 is 22.0 Å². The number of nitrogens with zero attached hydrogens (tertiary/aromatic N) is 2. The van der Waals surface area contributed by atoms with Gasteiger partial charge in [0.15, 0.2) is 0 Å². The standard InChI is InChI=1S/C11H13N3O4S2/c1-8(6-14-4-3-12-7-14)13-20(17,18)9-2-5-19-10(9)11(15)16/h2-5,7-8,13H,6H2,1H3,(H,15,16). The monoisotopic (exact) mass is 315 g/mol. The number of aromatic carboxylic acids is 1. The van der Waals surface area contributed by atoms with Crippen LogP contribution in [-0.4, -0.2) is 35.1 Å². The van der Waals surface area contributed by atoms with Crippen LogP contribution in [0, 0.1) is 0 Å². The molecule has 2 heterocycles. The van der Waals surface area contributed by atoms with Gasteiger partial charge in [-0.1, -0.05) is 0 Å². The molecule has 2 N–H and O–H groups in total. The second kappa shape index (κ2) is 5.73. The number of carbonyl (C=O) groups is 1. The Kier molecular flexibility index (Phi) is 4.21. The highest BCUT2D eigenvalue weighted by Gasteiger charge is 2.25. The number of nitrogens with one attached hydrogen (secondary N) is 1. The second-order valence-electron chi connectivity index (χ2n) is 4.20. The highest BCUT2D eigenvalue weighted by molar-refractivity contribution is 7.89. The Balaban J connectivity index is 2.14. The van der Waals surface area contributed by atoms with Gasteiger partial charge >= 0.3 is 5.97 Å². The highest BCUT2D eigenvalue weighted by Crippen LogP contribution is 2.22. The lowest BCUT2D eigenvalue weighted by Crippen LogP contribution is -2.35. The van der Waals surface area contributed by atoms with E-state index in [1.807, 2.05) is 0 Å². The highest BCUT2D eigenvalue weighted by atomic mass is 32.2. The van der Waals surface area contributed by atoms with Crippen molar-refractivity contribution >= 4 is 27.3 Å². The lowest BCUT2D eigenvalue weighted by atomic mass is 10.4. The maximum absolute atomic E-state index is 12.2. The minimum atomic E-state index is -3.85. The first-order valence-corrected chi connectivity index (χ1v) is 8.05.